The van der Waals surface area contributed by atoms with Gasteiger partial charge in [0.2, 0.25) is 0 Å². The largest absolute Gasteiger partial charge is 0.394 e. The van der Waals surface area contributed by atoms with Crippen LogP contribution in [0.3, 0.4) is 0 Å². The molecule has 0 spiro atoms. The number of alkyl halides is 1. The molecule has 3 N–H and O–H groups in total. The number of aromatic nitrogens is 2. The van der Waals surface area contributed by atoms with E-state index in [-0.39, 0.29) is 0 Å². The molecule has 2 heterocycles. The molecule has 2 rings (SSSR count). The van der Waals surface area contributed by atoms with Crippen LogP contribution in [0.25, 0.3) is 0 Å². The maximum atomic E-state index is 13.7. The van der Waals surface area contributed by atoms with Crippen LogP contribution in [0.15, 0.2) is 21.9 Å². The van der Waals surface area contributed by atoms with Crippen LogP contribution in [0.2, 0.25) is 0 Å². The van der Waals surface area contributed by atoms with Crippen molar-refractivity contribution < 1.29 is 19.3 Å². The van der Waals surface area contributed by atoms with Crippen LogP contribution < -0.4 is 11.2 Å². The highest BCUT2D eigenvalue weighted by atomic mass is 19.1. The number of aliphatic hydroxyl groups excluding tert-OH is 2. The van der Waals surface area contributed by atoms with Gasteiger partial charge in [-0.25, -0.2) is 13.8 Å². The van der Waals surface area contributed by atoms with Crippen LogP contribution in [0.4, 0.5) is 4.39 Å². The molecule has 1 aliphatic heterocycles. The Morgan fingerprint density at radius 1 is 1.53 bits per heavy atom. The Morgan fingerprint density at radius 3 is 2.76 bits per heavy atom. The fourth-order valence-corrected chi connectivity index (χ4v) is 1.74. The molecule has 0 radical (unpaired) electrons. The SMILES string of the molecule is O=c1cc[nH]c(=O)n1[C@@H]1O[C@H](CO)C(O)[C@H]1F. The van der Waals surface area contributed by atoms with Crippen molar-refractivity contribution in [2.45, 2.75) is 24.6 Å². The molecule has 1 unspecified atom stereocenters. The van der Waals surface area contributed by atoms with Crippen molar-refractivity contribution in [2.24, 2.45) is 0 Å². The second-order valence-electron chi connectivity index (χ2n) is 3.67. The summed E-state index contributed by atoms with van der Waals surface area (Å²) in [4.78, 5) is 25.0. The average Bonchev–Trinajstić information content (AvgIpc) is 2.57. The van der Waals surface area contributed by atoms with Crippen molar-refractivity contribution in [3.05, 3.63) is 33.1 Å². The molecule has 0 saturated carbocycles. The molecule has 1 aliphatic rings. The highest BCUT2D eigenvalue weighted by Gasteiger charge is 2.45. The number of rotatable bonds is 2. The van der Waals surface area contributed by atoms with Gasteiger partial charge in [-0.05, 0) is 0 Å². The first kappa shape index (κ1) is 12.0. The molecule has 0 bridgehead atoms. The topological polar surface area (TPSA) is 105 Å². The second-order valence-corrected chi connectivity index (χ2v) is 3.67. The normalized spacial score (nSPS) is 32.9. The maximum absolute atomic E-state index is 13.7. The van der Waals surface area contributed by atoms with Gasteiger partial charge < -0.3 is 19.9 Å². The first-order valence-electron chi connectivity index (χ1n) is 4.95. The number of H-pyrrole nitrogens is 1. The molecule has 7 nitrogen and oxygen atoms in total. The molecule has 0 amide bonds. The Morgan fingerprint density at radius 2 is 2.24 bits per heavy atom. The van der Waals surface area contributed by atoms with Crippen LogP contribution in [-0.2, 0) is 4.74 Å². The summed E-state index contributed by atoms with van der Waals surface area (Å²) in [6.07, 6.45) is -5.07. The Labute approximate surface area is 94.1 Å². The Bertz CT molecular complexity index is 484. The van der Waals surface area contributed by atoms with Crippen LogP contribution in [0.5, 0.6) is 0 Å². The fourth-order valence-electron chi connectivity index (χ4n) is 1.74. The highest BCUT2D eigenvalue weighted by Crippen LogP contribution is 2.29. The number of aliphatic hydroxyl groups is 2. The molecule has 1 saturated heterocycles. The standard InChI is InChI=1S/C9H11FN2O5/c10-6-7(15)4(3-13)17-8(6)12-5(14)1-2-11-9(12)16/h1-2,4,6-8,13,15H,3H2,(H,11,16)/t4-,6-,7?,8-/m1/s1. The van der Waals surface area contributed by atoms with Gasteiger partial charge in [0.25, 0.3) is 5.56 Å². The van der Waals surface area contributed by atoms with E-state index in [2.05, 4.69) is 4.98 Å². The van der Waals surface area contributed by atoms with Crippen molar-refractivity contribution in [1.29, 1.82) is 0 Å². The summed E-state index contributed by atoms with van der Waals surface area (Å²) < 4.78 is 19.1. The van der Waals surface area contributed by atoms with Crippen molar-refractivity contribution in [3.8, 4) is 0 Å². The number of aromatic amines is 1. The van der Waals surface area contributed by atoms with Gasteiger partial charge in [0.15, 0.2) is 12.4 Å². The van der Waals surface area contributed by atoms with Gasteiger partial charge in [-0.3, -0.25) is 4.79 Å². The summed E-state index contributed by atoms with van der Waals surface area (Å²) in [6.45, 7) is -0.600. The van der Waals surface area contributed by atoms with Crippen molar-refractivity contribution in [3.63, 3.8) is 0 Å². The molecule has 94 valence electrons. The molecular weight excluding hydrogens is 235 g/mol. The summed E-state index contributed by atoms with van der Waals surface area (Å²) in [5.74, 6) is 0. The molecule has 1 fully saturated rings. The van der Waals surface area contributed by atoms with Crippen LogP contribution in [0.1, 0.15) is 6.23 Å². The molecule has 17 heavy (non-hydrogen) atoms. The Kier molecular flexibility index (Phi) is 3.09. The van der Waals surface area contributed by atoms with Gasteiger partial charge in [-0.15, -0.1) is 0 Å². The van der Waals surface area contributed by atoms with Gasteiger partial charge in [-0.1, -0.05) is 0 Å². The van der Waals surface area contributed by atoms with E-state index in [0.29, 0.717) is 4.57 Å². The number of hydrogen-bond donors (Lipinski definition) is 3. The zero-order valence-electron chi connectivity index (χ0n) is 8.62. The summed E-state index contributed by atoms with van der Waals surface area (Å²) in [7, 11) is 0. The van der Waals surface area contributed by atoms with E-state index in [1.165, 1.54) is 0 Å². The van der Waals surface area contributed by atoms with E-state index in [0.717, 1.165) is 12.3 Å². The van der Waals surface area contributed by atoms with Crippen LogP contribution in [0, 0.1) is 0 Å². The smallest absolute Gasteiger partial charge is 0.330 e. The number of hydrogen-bond acceptors (Lipinski definition) is 5. The lowest BCUT2D eigenvalue weighted by Crippen LogP contribution is -2.40. The van der Waals surface area contributed by atoms with E-state index in [9.17, 15) is 19.1 Å². The third-order valence-corrected chi connectivity index (χ3v) is 2.62. The predicted molar refractivity (Wildman–Crippen MR) is 53.2 cm³/mol. The van der Waals surface area contributed by atoms with Crippen molar-refractivity contribution in [1.82, 2.24) is 9.55 Å². The zero-order valence-corrected chi connectivity index (χ0v) is 8.62. The van der Waals surface area contributed by atoms with Gasteiger partial charge in [0, 0.05) is 12.3 Å². The summed E-state index contributed by atoms with van der Waals surface area (Å²) in [5.41, 5.74) is -1.58. The Hall–Kier alpha value is -1.51. The summed E-state index contributed by atoms with van der Waals surface area (Å²) >= 11 is 0. The van der Waals surface area contributed by atoms with Crippen molar-refractivity contribution in [2.75, 3.05) is 6.61 Å². The molecule has 1 aromatic rings. The van der Waals surface area contributed by atoms with Gasteiger partial charge >= 0.3 is 5.69 Å². The van der Waals surface area contributed by atoms with E-state index < -0.39 is 42.5 Å². The molecule has 4 atom stereocenters. The van der Waals surface area contributed by atoms with Gasteiger partial charge in [-0.2, -0.15) is 0 Å². The predicted octanol–water partition coefficient (Wildman–Crippen LogP) is -1.87. The molecule has 1 aromatic heterocycles. The molecule has 0 aliphatic carbocycles. The molecule has 8 heteroatoms. The number of nitrogens with zero attached hydrogens (tertiary/aromatic N) is 1. The monoisotopic (exact) mass is 246 g/mol. The minimum absolute atomic E-state index is 0.531. The number of nitrogens with one attached hydrogen (secondary N) is 1. The van der Waals surface area contributed by atoms with Crippen LogP contribution in [-0.4, -0.2) is 44.8 Å². The fraction of sp³-hybridized carbons (Fsp3) is 0.556. The summed E-state index contributed by atoms with van der Waals surface area (Å²) in [5, 5.41) is 18.2. The highest BCUT2D eigenvalue weighted by molar-refractivity contribution is 4.93. The average molecular weight is 246 g/mol. The lowest BCUT2D eigenvalue weighted by atomic mass is 10.1. The van der Waals surface area contributed by atoms with Gasteiger partial charge in [0.05, 0.1) is 6.61 Å². The summed E-state index contributed by atoms with van der Waals surface area (Å²) in [6, 6.07) is 1.04. The lowest BCUT2D eigenvalue weighted by Gasteiger charge is -2.14. The third-order valence-electron chi connectivity index (χ3n) is 2.62. The van der Waals surface area contributed by atoms with Crippen LogP contribution >= 0.6 is 0 Å². The minimum atomic E-state index is -1.95. The van der Waals surface area contributed by atoms with Crippen molar-refractivity contribution >= 4 is 0 Å². The van der Waals surface area contributed by atoms with Gasteiger partial charge in [0.1, 0.15) is 12.2 Å². The van der Waals surface area contributed by atoms with E-state index in [1.54, 1.807) is 0 Å². The molecular formula is C9H11FN2O5. The first-order valence-corrected chi connectivity index (χ1v) is 4.95. The minimum Gasteiger partial charge on any atom is -0.394 e. The lowest BCUT2D eigenvalue weighted by molar-refractivity contribution is -0.0503. The number of ether oxygens (including phenoxy) is 1. The van der Waals surface area contributed by atoms with E-state index in [1.807, 2.05) is 0 Å². The molecule has 0 aromatic carbocycles. The third kappa shape index (κ3) is 1.90. The zero-order chi connectivity index (χ0) is 12.6. The second kappa shape index (κ2) is 4.40. The Balaban J connectivity index is 2.42. The maximum Gasteiger partial charge on any atom is 0.330 e. The van der Waals surface area contributed by atoms with E-state index in [4.69, 9.17) is 9.84 Å². The first-order chi connectivity index (χ1) is 8.06. The quantitative estimate of drug-likeness (QED) is 0.567. The van der Waals surface area contributed by atoms with E-state index >= 15 is 0 Å². The number of halogens is 1.